The fourth-order valence-corrected chi connectivity index (χ4v) is 3.41. The zero-order valence-corrected chi connectivity index (χ0v) is 14.0. The van der Waals surface area contributed by atoms with E-state index in [1.807, 2.05) is 18.5 Å². The van der Waals surface area contributed by atoms with E-state index >= 15 is 0 Å². The summed E-state index contributed by atoms with van der Waals surface area (Å²) in [6.07, 6.45) is 0. The summed E-state index contributed by atoms with van der Waals surface area (Å²) in [5.74, 6) is 0. The molecule has 0 bridgehead atoms. The lowest BCUT2D eigenvalue weighted by Crippen LogP contribution is -2.37. The molecule has 2 aromatic rings. The predicted octanol–water partition coefficient (Wildman–Crippen LogP) is 3.75. The number of nitrogens with zero attached hydrogens (tertiary/aromatic N) is 2. The van der Waals surface area contributed by atoms with E-state index in [-0.39, 0.29) is 0 Å². The largest absolute Gasteiger partial charge is 0.264 e. The fraction of sp³-hybridized carbons (Fsp3) is 0.400. The quantitative estimate of drug-likeness (QED) is 0.788. The zero-order chi connectivity index (χ0) is 14.2. The van der Waals surface area contributed by atoms with Gasteiger partial charge in [0.1, 0.15) is 0 Å². The monoisotopic (exact) mass is 292 g/mol. The van der Waals surface area contributed by atoms with Crippen LogP contribution in [0.4, 0.5) is 0 Å². The van der Waals surface area contributed by atoms with Gasteiger partial charge in [-0.2, -0.15) is 5.10 Å². The van der Waals surface area contributed by atoms with Crippen molar-refractivity contribution in [3.8, 4) is 0 Å². The highest BCUT2D eigenvalue weighted by molar-refractivity contribution is 6.88. The Kier molecular flexibility index (Phi) is 3.88. The third-order valence-electron chi connectivity index (χ3n) is 3.45. The van der Waals surface area contributed by atoms with Gasteiger partial charge in [-0.1, -0.05) is 60.7 Å². The van der Waals surface area contributed by atoms with Crippen LogP contribution >= 0.6 is 11.6 Å². The number of halogens is 1. The van der Waals surface area contributed by atoms with E-state index in [1.54, 1.807) is 0 Å². The normalized spacial score (nSPS) is 11.9. The molecule has 0 aliphatic carbocycles. The van der Waals surface area contributed by atoms with E-state index < -0.39 is 8.07 Å². The molecule has 2 rings (SSSR count). The summed E-state index contributed by atoms with van der Waals surface area (Å²) in [7, 11) is -1.21. The standard InChI is InChI=1S/C15H21ClN2Si/c1-11-15(16)12(2)18(17-11)10-13-6-8-14(9-7-13)19(3,4)5/h6-9H,10H2,1-5H3. The van der Waals surface area contributed by atoms with Gasteiger partial charge in [-0.25, -0.2) is 0 Å². The van der Waals surface area contributed by atoms with Gasteiger partial charge >= 0.3 is 0 Å². The van der Waals surface area contributed by atoms with Crippen LogP contribution in [0.25, 0.3) is 0 Å². The first kappa shape index (κ1) is 14.3. The molecule has 0 radical (unpaired) electrons. The van der Waals surface area contributed by atoms with Crippen LogP contribution < -0.4 is 5.19 Å². The van der Waals surface area contributed by atoms with Crippen LogP contribution in [-0.2, 0) is 6.54 Å². The zero-order valence-electron chi connectivity index (χ0n) is 12.3. The fourth-order valence-electron chi connectivity index (χ4n) is 2.11. The van der Waals surface area contributed by atoms with E-state index in [2.05, 4.69) is 49.0 Å². The Morgan fingerprint density at radius 1 is 1.11 bits per heavy atom. The summed E-state index contributed by atoms with van der Waals surface area (Å²) in [5.41, 5.74) is 3.20. The molecule has 2 nitrogen and oxygen atoms in total. The maximum absolute atomic E-state index is 6.17. The Morgan fingerprint density at radius 3 is 2.11 bits per heavy atom. The molecule has 1 aromatic carbocycles. The molecular weight excluding hydrogens is 272 g/mol. The van der Waals surface area contributed by atoms with Gasteiger partial charge in [0, 0.05) is 0 Å². The van der Waals surface area contributed by atoms with Crippen LogP contribution in [0.1, 0.15) is 17.0 Å². The number of hydrogen-bond acceptors (Lipinski definition) is 1. The maximum atomic E-state index is 6.17. The first-order valence-corrected chi connectivity index (χ1v) is 10.5. The number of hydrogen-bond donors (Lipinski definition) is 0. The highest BCUT2D eigenvalue weighted by Gasteiger charge is 2.16. The highest BCUT2D eigenvalue weighted by Crippen LogP contribution is 2.19. The molecule has 4 heteroatoms. The molecule has 1 aromatic heterocycles. The van der Waals surface area contributed by atoms with E-state index in [4.69, 9.17) is 11.6 Å². The van der Waals surface area contributed by atoms with Crippen LogP contribution in [0.5, 0.6) is 0 Å². The van der Waals surface area contributed by atoms with Crippen LogP contribution in [0.15, 0.2) is 24.3 Å². The van der Waals surface area contributed by atoms with Gasteiger partial charge < -0.3 is 0 Å². The van der Waals surface area contributed by atoms with Gasteiger partial charge in [-0.15, -0.1) is 0 Å². The maximum Gasteiger partial charge on any atom is 0.0844 e. The van der Waals surface area contributed by atoms with Gasteiger partial charge in [0.2, 0.25) is 0 Å². The predicted molar refractivity (Wildman–Crippen MR) is 85.2 cm³/mol. The second-order valence-electron chi connectivity index (χ2n) is 6.09. The summed E-state index contributed by atoms with van der Waals surface area (Å²) < 4.78 is 1.97. The van der Waals surface area contributed by atoms with Gasteiger partial charge in [0.05, 0.1) is 31.0 Å². The number of aryl methyl sites for hydroxylation is 1. The van der Waals surface area contributed by atoms with Crippen LogP contribution in [0, 0.1) is 13.8 Å². The van der Waals surface area contributed by atoms with Crippen LogP contribution in [-0.4, -0.2) is 17.9 Å². The van der Waals surface area contributed by atoms with Crippen LogP contribution in [0.3, 0.4) is 0 Å². The van der Waals surface area contributed by atoms with Crippen LogP contribution in [0.2, 0.25) is 24.7 Å². The summed E-state index contributed by atoms with van der Waals surface area (Å²) in [5, 5.41) is 6.73. The summed E-state index contributed by atoms with van der Waals surface area (Å²) in [6.45, 7) is 11.8. The van der Waals surface area contributed by atoms with Gasteiger partial charge in [0.25, 0.3) is 0 Å². The highest BCUT2D eigenvalue weighted by atomic mass is 35.5. The van der Waals surface area contributed by atoms with Crippen molar-refractivity contribution in [3.63, 3.8) is 0 Å². The van der Waals surface area contributed by atoms with Crippen molar-refractivity contribution in [2.24, 2.45) is 0 Å². The molecule has 19 heavy (non-hydrogen) atoms. The summed E-state index contributed by atoms with van der Waals surface area (Å²) in [6, 6.07) is 8.93. The Balaban J connectivity index is 2.22. The average Bonchev–Trinajstić information content (AvgIpc) is 2.57. The van der Waals surface area contributed by atoms with Gasteiger partial charge in [-0.3, -0.25) is 4.68 Å². The van der Waals surface area contributed by atoms with E-state index in [9.17, 15) is 0 Å². The molecule has 0 saturated heterocycles. The van der Waals surface area contributed by atoms with Crippen molar-refractivity contribution in [1.82, 2.24) is 9.78 Å². The molecular formula is C15H21ClN2Si. The Labute approximate surface area is 121 Å². The van der Waals surface area contributed by atoms with Gasteiger partial charge in [0.15, 0.2) is 0 Å². The van der Waals surface area contributed by atoms with Crippen molar-refractivity contribution in [1.29, 1.82) is 0 Å². The van der Waals surface area contributed by atoms with E-state index in [0.29, 0.717) is 0 Å². The Morgan fingerprint density at radius 2 is 1.68 bits per heavy atom. The smallest absolute Gasteiger partial charge is 0.0844 e. The SMILES string of the molecule is Cc1nn(Cc2ccc([Si](C)(C)C)cc2)c(C)c1Cl. The third-order valence-corrected chi connectivity index (χ3v) is 6.06. The minimum absolute atomic E-state index is 0.777. The lowest BCUT2D eigenvalue weighted by Gasteiger charge is -2.16. The van der Waals surface area contributed by atoms with Crippen molar-refractivity contribution in [2.45, 2.75) is 40.0 Å². The third kappa shape index (κ3) is 3.10. The molecule has 0 fully saturated rings. The summed E-state index contributed by atoms with van der Waals surface area (Å²) in [4.78, 5) is 0. The van der Waals surface area contributed by atoms with Crippen molar-refractivity contribution >= 4 is 24.9 Å². The first-order valence-electron chi connectivity index (χ1n) is 6.58. The van der Waals surface area contributed by atoms with E-state index in [0.717, 1.165) is 23.0 Å². The summed E-state index contributed by atoms with van der Waals surface area (Å²) >= 11 is 6.17. The molecule has 0 unspecified atom stereocenters. The number of rotatable bonds is 3. The molecule has 0 atom stereocenters. The molecule has 0 aliphatic heterocycles. The molecule has 0 aliphatic rings. The minimum atomic E-state index is -1.21. The first-order chi connectivity index (χ1) is 8.79. The Bertz CT molecular complexity index is 579. The minimum Gasteiger partial charge on any atom is -0.264 e. The lowest BCUT2D eigenvalue weighted by molar-refractivity contribution is 0.659. The molecule has 0 N–H and O–H groups in total. The molecule has 0 spiro atoms. The molecule has 0 saturated carbocycles. The van der Waals surface area contributed by atoms with Crippen molar-refractivity contribution in [3.05, 3.63) is 46.2 Å². The van der Waals surface area contributed by atoms with E-state index in [1.165, 1.54) is 10.8 Å². The Hall–Kier alpha value is -1.06. The average molecular weight is 293 g/mol. The van der Waals surface area contributed by atoms with Crippen molar-refractivity contribution < 1.29 is 0 Å². The lowest BCUT2D eigenvalue weighted by atomic mass is 10.2. The van der Waals surface area contributed by atoms with Gasteiger partial charge in [-0.05, 0) is 19.4 Å². The second kappa shape index (κ2) is 5.14. The molecule has 0 amide bonds. The number of benzene rings is 1. The number of aromatic nitrogens is 2. The topological polar surface area (TPSA) is 17.8 Å². The molecule has 1 heterocycles. The second-order valence-corrected chi connectivity index (χ2v) is 11.5. The molecule has 102 valence electrons. The van der Waals surface area contributed by atoms with Crippen molar-refractivity contribution in [2.75, 3.05) is 0 Å².